The molecule has 3 amide bonds. The zero-order valence-corrected chi connectivity index (χ0v) is 13.9. The highest BCUT2D eigenvalue weighted by Crippen LogP contribution is 2.30. The normalized spacial score (nSPS) is 20.2. The summed E-state index contributed by atoms with van der Waals surface area (Å²) < 4.78 is 5.34. The summed E-state index contributed by atoms with van der Waals surface area (Å²) >= 11 is 0. The van der Waals surface area contributed by atoms with Crippen LogP contribution in [0.5, 0.6) is 5.75 Å². The highest BCUT2D eigenvalue weighted by molar-refractivity contribution is 6.06. The van der Waals surface area contributed by atoms with Crippen molar-refractivity contribution < 1.29 is 14.3 Å². The smallest absolute Gasteiger partial charge is 0.325 e. The number of rotatable bonds is 4. The molecule has 1 aliphatic heterocycles. The number of nitrogens with zero attached hydrogens (tertiary/aromatic N) is 2. The van der Waals surface area contributed by atoms with Gasteiger partial charge in [0.1, 0.15) is 5.75 Å². The van der Waals surface area contributed by atoms with Gasteiger partial charge in [-0.15, -0.1) is 0 Å². The minimum absolute atomic E-state index is 0.151. The number of benzene rings is 1. The van der Waals surface area contributed by atoms with Crippen LogP contribution >= 0.6 is 0 Å². The fraction of sp³-hybridized carbons (Fsp3) is 0.278. The number of methoxy groups -OCH3 is 1. The fourth-order valence-electron chi connectivity index (χ4n) is 2.87. The number of carbonyl (C=O) groups is 2. The van der Waals surface area contributed by atoms with Crippen LogP contribution in [0, 0.1) is 6.92 Å². The monoisotopic (exact) mass is 325 g/mol. The number of imide groups is 1. The van der Waals surface area contributed by atoms with Gasteiger partial charge in [0.2, 0.25) is 0 Å². The number of hydrogen-bond acceptors (Lipinski definition) is 4. The van der Waals surface area contributed by atoms with E-state index in [1.807, 2.05) is 25.1 Å². The third kappa shape index (κ3) is 2.60. The van der Waals surface area contributed by atoms with Gasteiger partial charge in [0.05, 0.1) is 19.3 Å². The molecule has 1 atom stereocenters. The maximum absolute atomic E-state index is 12.9. The predicted octanol–water partition coefficient (Wildman–Crippen LogP) is 2.37. The number of amides is 3. The van der Waals surface area contributed by atoms with Crippen molar-refractivity contribution in [1.82, 2.24) is 15.2 Å². The van der Waals surface area contributed by atoms with Gasteiger partial charge in [-0.3, -0.25) is 14.7 Å². The third-order valence-electron chi connectivity index (χ3n) is 4.22. The highest BCUT2D eigenvalue weighted by Gasteiger charge is 2.50. The zero-order valence-electron chi connectivity index (χ0n) is 13.9. The molecule has 0 radical (unpaired) electrons. The summed E-state index contributed by atoms with van der Waals surface area (Å²) in [5.41, 5.74) is 1.17. The van der Waals surface area contributed by atoms with Crippen LogP contribution in [0.1, 0.15) is 23.7 Å². The Kier molecular flexibility index (Phi) is 3.97. The molecule has 0 aliphatic carbocycles. The van der Waals surface area contributed by atoms with Crippen LogP contribution in [-0.4, -0.2) is 28.9 Å². The zero-order chi connectivity index (χ0) is 17.3. The van der Waals surface area contributed by atoms with Crippen molar-refractivity contribution in [3.63, 3.8) is 0 Å². The molecule has 2 aromatic rings. The van der Waals surface area contributed by atoms with E-state index in [4.69, 9.17) is 4.74 Å². The van der Waals surface area contributed by atoms with Crippen molar-refractivity contribution in [1.29, 1.82) is 0 Å². The van der Waals surface area contributed by atoms with Crippen LogP contribution in [0.3, 0.4) is 0 Å². The Labute approximate surface area is 140 Å². The van der Waals surface area contributed by atoms with Gasteiger partial charge in [-0.25, -0.2) is 4.79 Å². The molecule has 0 spiro atoms. The fourth-order valence-corrected chi connectivity index (χ4v) is 2.87. The summed E-state index contributed by atoms with van der Waals surface area (Å²) in [4.78, 5) is 30.7. The lowest BCUT2D eigenvalue weighted by Gasteiger charge is -2.21. The van der Waals surface area contributed by atoms with Gasteiger partial charge in [-0.05, 0) is 32.0 Å². The lowest BCUT2D eigenvalue weighted by Crippen LogP contribution is -2.41. The maximum Gasteiger partial charge on any atom is 0.325 e. The van der Waals surface area contributed by atoms with E-state index in [2.05, 4.69) is 10.3 Å². The average molecular weight is 325 g/mol. The molecule has 1 fully saturated rings. The van der Waals surface area contributed by atoms with Gasteiger partial charge in [0.25, 0.3) is 5.91 Å². The van der Waals surface area contributed by atoms with E-state index in [1.165, 1.54) is 4.90 Å². The lowest BCUT2D eigenvalue weighted by atomic mass is 9.97. The van der Waals surface area contributed by atoms with Crippen LogP contribution < -0.4 is 10.1 Å². The van der Waals surface area contributed by atoms with Gasteiger partial charge in [0, 0.05) is 11.8 Å². The van der Waals surface area contributed by atoms with Crippen molar-refractivity contribution in [2.24, 2.45) is 0 Å². The Bertz CT molecular complexity index is 791. The first-order chi connectivity index (χ1) is 11.5. The summed E-state index contributed by atoms with van der Waals surface area (Å²) in [6.07, 6.45) is 1.60. The van der Waals surface area contributed by atoms with Crippen molar-refractivity contribution in [2.75, 3.05) is 7.11 Å². The number of urea groups is 1. The van der Waals surface area contributed by atoms with Crippen LogP contribution in [-0.2, 0) is 16.9 Å². The average Bonchev–Trinajstić information content (AvgIpc) is 2.80. The topological polar surface area (TPSA) is 71.5 Å². The number of carbonyl (C=O) groups excluding carboxylic acids is 2. The van der Waals surface area contributed by atoms with Gasteiger partial charge < -0.3 is 10.1 Å². The molecule has 24 heavy (non-hydrogen) atoms. The highest BCUT2D eigenvalue weighted by atomic mass is 16.5. The van der Waals surface area contributed by atoms with E-state index in [0.717, 1.165) is 11.1 Å². The number of ether oxygens (including phenoxy) is 1. The second kappa shape index (κ2) is 5.96. The van der Waals surface area contributed by atoms with E-state index >= 15 is 0 Å². The standard InChI is InChI=1S/C18H19N3O3/c1-12-7-8-14(24-3)13(10-12)11-21-16(22)18(2,20-17(21)23)15-6-4-5-9-19-15/h4-10H,11H2,1-3H3,(H,20,23)/t18-/m1/s1. The summed E-state index contributed by atoms with van der Waals surface area (Å²) in [6, 6.07) is 10.5. The molecule has 0 unspecified atom stereocenters. The minimum atomic E-state index is -1.16. The molecule has 0 bridgehead atoms. The Hall–Kier alpha value is -2.89. The second-order valence-electron chi connectivity index (χ2n) is 5.98. The summed E-state index contributed by atoms with van der Waals surface area (Å²) in [5.74, 6) is 0.322. The third-order valence-corrected chi connectivity index (χ3v) is 4.22. The number of aryl methyl sites for hydroxylation is 1. The Morgan fingerprint density at radius 2 is 2.04 bits per heavy atom. The van der Waals surface area contributed by atoms with Crippen molar-refractivity contribution in [3.05, 3.63) is 59.4 Å². The molecule has 1 aromatic carbocycles. The van der Waals surface area contributed by atoms with E-state index in [9.17, 15) is 9.59 Å². The molecule has 1 saturated heterocycles. The van der Waals surface area contributed by atoms with Crippen LogP contribution in [0.15, 0.2) is 42.6 Å². The molecule has 3 rings (SSSR count). The molecule has 1 N–H and O–H groups in total. The quantitative estimate of drug-likeness (QED) is 0.876. The first-order valence-corrected chi connectivity index (χ1v) is 7.65. The van der Waals surface area contributed by atoms with Gasteiger partial charge in [-0.1, -0.05) is 23.8 Å². The first kappa shape index (κ1) is 16.0. The largest absolute Gasteiger partial charge is 0.496 e. The minimum Gasteiger partial charge on any atom is -0.496 e. The summed E-state index contributed by atoms with van der Waals surface area (Å²) in [5, 5.41) is 2.75. The van der Waals surface area contributed by atoms with E-state index in [0.29, 0.717) is 11.4 Å². The van der Waals surface area contributed by atoms with Gasteiger partial charge in [-0.2, -0.15) is 0 Å². The first-order valence-electron chi connectivity index (χ1n) is 7.65. The summed E-state index contributed by atoms with van der Waals surface area (Å²) in [7, 11) is 1.57. The number of aromatic nitrogens is 1. The Morgan fingerprint density at radius 1 is 1.25 bits per heavy atom. The predicted molar refractivity (Wildman–Crippen MR) is 88.4 cm³/mol. The van der Waals surface area contributed by atoms with E-state index in [-0.39, 0.29) is 12.5 Å². The number of pyridine rings is 1. The maximum atomic E-state index is 12.9. The molecule has 6 heteroatoms. The van der Waals surface area contributed by atoms with Crippen LogP contribution in [0.4, 0.5) is 4.79 Å². The van der Waals surface area contributed by atoms with Gasteiger partial charge >= 0.3 is 6.03 Å². The van der Waals surface area contributed by atoms with E-state index in [1.54, 1.807) is 38.4 Å². The van der Waals surface area contributed by atoms with Crippen molar-refractivity contribution >= 4 is 11.9 Å². The van der Waals surface area contributed by atoms with Crippen molar-refractivity contribution in [3.8, 4) is 5.75 Å². The molecule has 6 nitrogen and oxygen atoms in total. The van der Waals surface area contributed by atoms with Crippen LogP contribution in [0.25, 0.3) is 0 Å². The molecule has 1 aromatic heterocycles. The molecule has 124 valence electrons. The molecule has 1 aliphatic rings. The molecular formula is C18H19N3O3. The van der Waals surface area contributed by atoms with Crippen molar-refractivity contribution in [2.45, 2.75) is 25.9 Å². The molecular weight excluding hydrogens is 306 g/mol. The Balaban J connectivity index is 1.92. The molecule has 0 saturated carbocycles. The number of nitrogens with one attached hydrogen (secondary N) is 1. The molecule has 2 heterocycles. The van der Waals surface area contributed by atoms with Gasteiger partial charge in [0.15, 0.2) is 5.54 Å². The van der Waals surface area contributed by atoms with Crippen LogP contribution in [0.2, 0.25) is 0 Å². The summed E-state index contributed by atoms with van der Waals surface area (Å²) in [6.45, 7) is 3.77. The Morgan fingerprint density at radius 3 is 2.71 bits per heavy atom. The SMILES string of the molecule is COc1ccc(C)cc1CN1C(=O)N[C@](C)(c2ccccn2)C1=O. The lowest BCUT2D eigenvalue weighted by molar-refractivity contribution is -0.131. The van der Waals surface area contributed by atoms with E-state index < -0.39 is 11.6 Å². The number of hydrogen-bond donors (Lipinski definition) is 1. The second-order valence-corrected chi connectivity index (χ2v) is 5.98.